The number of aryl methyl sites for hydroxylation is 4. The minimum Gasteiger partial charge on any atom is -0.506 e. The third-order valence-corrected chi connectivity index (χ3v) is 9.28. The number of nitrogens with zero attached hydrogens (tertiary/aromatic N) is 6. The third kappa shape index (κ3) is 4.35. The average molecular weight is 588 g/mol. The van der Waals surface area contributed by atoms with Crippen molar-refractivity contribution in [1.29, 1.82) is 0 Å². The van der Waals surface area contributed by atoms with Crippen molar-refractivity contribution in [2.45, 2.75) is 60.4 Å². The van der Waals surface area contributed by atoms with Crippen LogP contribution in [-0.4, -0.2) is 41.4 Å². The summed E-state index contributed by atoms with van der Waals surface area (Å²) in [6, 6.07) is 16.4. The Kier molecular flexibility index (Phi) is 6.92. The van der Waals surface area contributed by atoms with E-state index in [1.54, 1.807) is 0 Å². The number of ketones is 1. The van der Waals surface area contributed by atoms with Gasteiger partial charge in [-0.05, 0) is 32.9 Å². The van der Waals surface area contributed by atoms with E-state index in [4.69, 9.17) is 0 Å². The van der Waals surface area contributed by atoms with Crippen molar-refractivity contribution in [3.63, 3.8) is 0 Å². The number of aromatic nitrogens is 5. The molecule has 2 aliphatic rings. The van der Waals surface area contributed by atoms with Crippen LogP contribution in [0.15, 0.2) is 97.3 Å². The van der Waals surface area contributed by atoms with E-state index in [2.05, 4.69) is 117 Å². The molecular weight excluding hydrogens is 548 g/mol. The van der Waals surface area contributed by atoms with Crippen LogP contribution in [0.5, 0.6) is 0 Å². The first-order chi connectivity index (χ1) is 21.4. The lowest BCUT2D eigenvalue weighted by atomic mass is 9.78. The predicted octanol–water partition coefficient (Wildman–Crippen LogP) is 4.99. The van der Waals surface area contributed by atoms with Crippen molar-refractivity contribution in [1.82, 2.24) is 13.7 Å². The summed E-state index contributed by atoms with van der Waals surface area (Å²) in [6.45, 7) is 13.4. The van der Waals surface area contributed by atoms with Crippen LogP contribution in [0.3, 0.4) is 0 Å². The quantitative estimate of drug-likeness (QED) is 0.195. The minimum absolute atomic E-state index is 0.0933. The van der Waals surface area contributed by atoms with Gasteiger partial charge in [0, 0.05) is 35.2 Å². The number of aliphatic hydroxyl groups is 1. The topological polar surface area (TPSA) is 62.9 Å². The molecule has 0 fully saturated rings. The highest BCUT2D eigenvalue weighted by Gasteiger charge is 2.45. The second kappa shape index (κ2) is 10.9. The Morgan fingerprint density at radius 1 is 0.773 bits per heavy atom. The molecule has 44 heavy (non-hydrogen) atoms. The normalized spacial score (nSPS) is 16.4. The highest BCUT2D eigenvalue weighted by atomic mass is 16.3. The van der Waals surface area contributed by atoms with E-state index in [0.717, 1.165) is 84.0 Å². The Hall–Kier alpha value is -4.98. The van der Waals surface area contributed by atoms with Crippen LogP contribution >= 0.6 is 0 Å². The molecule has 1 N–H and O–H groups in total. The van der Waals surface area contributed by atoms with E-state index in [9.17, 15) is 9.90 Å². The number of para-hydroxylation sites is 2. The third-order valence-electron chi connectivity index (χ3n) is 9.28. The highest BCUT2D eigenvalue weighted by molar-refractivity contribution is 6.47. The first kappa shape index (κ1) is 27.8. The van der Waals surface area contributed by atoms with Crippen molar-refractivity contribution >= 4 is 39.2 Å². The number of carbonyl (C=O) groups excluding carboxylic acids is 1. The molecule has 8 nitrogen and oxygen atoms in total. The van der Waals surface area contributed by atoms with Gasteiger partial charge in [-0.2, -0.15) is 4.58 Å². The molecule has 0 spiro atoms. The standard InChI is InChI=1S/C36H38N6O2/c1-5-37-15-17-39(23-37)19-21-41-25(3)31(27-11-7-9-13-29(27)41)33-35(43)34(36(33)44)32-26(4)42(30-14-10-8-12-28(30)32)22-20-40-18-16-38(6-2)24-40/h7-18,23-24H,5-6,19-22H2,1-4H3/q+2/p+1. The molecule has 3 aromatic heterocycles. The number of fused-ring (bicyclic) bond motifs is 2. The van der Waals surface area contributed by atoms with Gasteiger partial charge in [-0.1, -0.05) is 30.3 Å². The molecule has 0 unspecified atom stereocenters. The Bertz CT molecular complexity index is 2050. The van der Waals surface area contributed by atoms with Crippen LogP contribution in [0.2, 0.25) is 0 Å². The molecule has 7 rings (SSSR count). The summed E-state index contributed by atoms with van der Waals surface area (Å²) in [4.78, 5) is 14.1. The largest absolute Gasteiger partial charge is 0.506 e. The van der Waals surface area contributed by atoms with Crippen LogP contribution < -0.4 is 9.13 Å². The maximum atomic E-state index is 14.1. The summed E-state index contributed by atoms with van der Waals surface area (Å²) in [7, 11) is 0. The maximum absolute atomic E-state index is 14.1. The lowest BCUT2D eigenvalue weighted by molar-refractivity contribution is -0.714. The zero-order chi connectivity index (χ0) is 30.5. The fourth-order valence-electron chi connectivity index (χ4n) is 6.88. The molecular formula is C36H39N6O2+3. The molecule has 222 valence electrons. The number of aliphatic hydroxyl groups excluding tert-OH is 1. The van der Waals surface area contributed by atoms with Crippen LogP contribution in [0.4, 0.5) is 5.69 Å². The van der Waals surface area contributed by atoms with E-state index < -0.39 is 0 Å². The van der Waals surface area contributed by atoms with E-state index in [0.29, 0.717) is 11.1 Å². The number of hydrogen-bond acceptors (Lipinski definition) is 2. The SMILES string of the molecule is CCn1cc[n+](CCn2c(C)c(C3=C(O)C(=C4C(C)=[N+](CC[n+]5ccn(CC)c5)c5ccccc54)C3=O)c3ccccc32)c1. The van der Waals surface area contributed by atoms with Crippen LogP contribution in [0.1, 0.15) is 37.6 Å². The molecule has 8 heteroatoms. The Balaban J connectivity index is 1.28. The van der Waals surface area contributed by atoms with Gasteiger partial charge in [0.05, 0.1) is 41.9 Å². The number of allylic oxidation sites excluding steroid dienone is 3. The smallest absolute Gasteiger partial charge is 0.243 e. The first-order valence-corrected chi connectivity index (χ1v) is 15.5. The summed E-state index contributed by atoms with van der Waals surface area (Å²) in [5, 5.41) is 12.7. The fraction of sp³-hybridized carbons (Fsp3) is 0.278. The van der Waals surface area contributed by atoms with Crippen molar-refractivity contribution < 1.29 is 23.6 Å². The number of benzene rings is 2. The molecule has 4 heterocycles. The van der Waals surface area contributed by atoms with Gasteiger partial charge in [-0.25, -0.2) is 18.3 Å². The number of rotatable bonds is 9. The summed E-state index contributed by atoms with van der Waals surface area (Å²) < 4.78 is 13.2. The Labute approximate surface area is 257 Å². The van der Waals surface area contributed by atoms with Gasteiger partial charge < -0.3 is 9.67 Å². The first-order valence-electron chi connectivity index (χ1n) is 15.5. The monoisotopic (exact) mass is 587 g/mol. The van der Waals surface area contributed by atoms with E-state index in [-0.39, 0.29) is 11.5 Å². The Morgan fingerprint density at radius 3 is 2.11 bits per heavy atom. The fourth-order valence-corrected chi connectivity index (χ4v) is 6.88. The molecule has 0 saturated heterocycles. The molecule has 0 amide bonds. The molecule has 5 aromatic rings. The van der Waals surface area contributed by atoms with Crippen LogP contribution in [-0.2, 0) is 37.5 Å². The summed E-state index contributed by atoms with van der Waals surface area (Å²) in [5.41, 5.74) is 7.62. The van der Waals surface area contributed by atoms with E-state index >= 15 is 0 Å². The van der Waals surface area contributed by atoms with Gasteiger partial charge in [0.25, 0.3) is 0 Å². The van der Waals surface area contributed by atoms with Gasteiger partial charge in [0.15, 0.2) is 12.3 Å². The lowest BCUT2D eigenvalue weighted by Gasteiger charge is -2.23. The highest BCUT2D eigenvalue weighted by Crippen LogP contribution is 2.47. The summed E-state index contributed by atoms with van der Waals surface area (Å²) in [5.74, 6) is -0.000832. The second-order valence-electron chi connectivity index (χ2n) is 11.6. The van der Waals surface area contributed by atoms with Gasteiger partial charge >= 0.3 is 0 Å². The molecule has 2 aromatic carbocycles. The molecule has 0 bridgehead atoms. The molecule has 1 aliphatic heterocycles. The zero-order valence-electron chi connectivity index (χ0n) is 25.9. The van der Waals surface area contributed by atoms with Crippen LogP contribution in [0.25, 0.3) is 22.0 Å². The number of Topliss-reactive ketones (excluding diaryl/α,β-unsaturated/α-hetero) is 1. The van der Waals surface area contributed by atoms with Crippen molar-refractivity contribution in [2.24, 2.45) is 0 Å². The zero-order valence-corrected chi connectivity index (χ0v) is 25.9. The predicted molar refractivity (Wildman–Crippen MR) is 171 cm³/mol. The van der Waals surface area contributed by atoms with Crippen LogP contribution in [0, 0.1) is 6.92 Å². The molecule has 0 atom stereocenters. The number of imidazole rings is 2. The van der Waals surface area contributed by atoms with Gasteiger partial charge in [-0.3, -0.25) is 4.79 Å². The Morgan fingerprint density at radius 2 is 1.43 bits per heavy atom. The van der Waals surface area contributed by atoms with Crippen molar-refractivity contribution in [3.8, 4) is 0 Å². The van der Waals surface area contributed by atoms with Gasteiger partial charge in [-0.15, -0.1) is 0 Å². The molecule has 1 aliphatic carbocycles. The van der Waals surface area contributed by atoms with Gasteiger partial charge in [0.2, 0.25) is 24.1 Å². The number of hydrogen-bond donors (Lipinski definition) is 1. The van der Waals surface area contributed by atoms with E-state index in [1.165, 1.54) is 0 Å². The van der Waals surface area contributed by atoms with Crippen molar-refractivity contribution in [3.05, 3.63) is 114 Å². The molecule has 0 saturated carbocycles. The maximum Gasteiger partial charge on any atom is 0.243 e. The summed E-state index contributed by atoms with van der Waals surface area (Å²) >= 11 is 0. The minimum atomic E-state index is -0.0942. The van der Waals surface area contributed by atoms with E-state index in [1.807, 2.05) is 24.3 Å². The lowest BCUT2D eigenvalue weighted by Crippen LogP contribution is -2.36. The van der Waals surface area contributed by atoms with Crippen molar-refractivity contribution in [2.75, 3.05) is 6.54 Å². The number of carbonyl (C=O) groups is 1. The average Bonchev–Trinajstić information content (AvgIpc) is 3.82. The van der Waals surface area contributed by atoms with Gasteiger partial charge in [0.1, 0.15) is 43.6 Å². The summed E-state index contributed by atoms with van der Waals surface area (Å²) in [6.07, 6.45) is 12.6. The molecule has 0 radical (unpaired) electrons. The second-order valence-corrected chi connectivity index (χ2v) is 11.6.